The van der Waals surface area contributed by atoms with E-state index < -0.39 is 0 Å². The molecule has 0 aromatic heterocycles. The van der Waals surface area contributed by atoms with Gasteiger partial charge in [0, 0.05) is 11.7 Å². The highest BCUT2D eigenvalue weighted by atomic mass is 35.5. The molecule has 0 atom stereocenters. The van der Waals surface area contributed by atoms with Gasteiger partial charge in [0.1, 0.15) is 0 Å². The fraction of sp³-hybridized carbons (Fsp3) is 0.562. The Labute approximate surface area is 125 Å². The maximum atomic E-state index is 12.2. The number of nitrogens with two attached hydrogens (primary N) is 1. The van der Waals surface area contributed by atoms with Crippen molar-refractivity contribution < 1.29 is 4.79 Å². The molecule has 1 aromatic carbocycles. The number of benzene rings is 1. The van der Waals surface area contributed by atoms with Crippen LogP contribution in [0, 0.1) is 5.92 Å². The highest BCUT2D eigenvalue weighted by molar-refractivity contribution is 6.34. The van der Waals surface area contributed by atoms with Crippen molar-refractivity contribution in [2.75, 3.05) is 5.73 Å². The topological polar surface area (TPSA) is 55.1 Å². The van der Waals surface area contributed by atoms with Gasteiger partial charge in [-0.3, -0.25) is 4.79 Å². The third-order valence-electron chi connectivity index (χ3n) is 4.11. The molecule has 0 bridgehead atoms. The third kappa shape index (κ3) is 3.89. The minimum atomic E-state index is -0.110. The maximum absolute atomic E-state index is 12.2. The Kier molecular flexibility index (Phi) is 5.30. The molecule has 0 radical (unpaired) electrons. The highest BCUT2D eigenvalue weighted by Crippen LogP contribution is 2.28. The van der Waals surface area contributed by atoms with Gasteiger partial charge in [0.2, 0.25) is 0 Å². The van der Waals surface area contributed by atoms with Crippen molar-refractivity contribution in [3.63, 3.8) is 0 Å². The number of carbonyl (C=O) groups excluding carboxylic acids is 1. The van der Waals surface area contributed by atoms with Crippen molar-refractivity contribution in [1.29, 1.82) is 0 Å². The van der Waals surface area contributed by atoms with Gasteiger partial charge in [0.25, 0.3) is 5.91 Å². The molecule has 3 nitrogen and oxygen atoms in total. The summed E-state index contributed by atoms with van der Waals surface area (Å²) in [7, 11) is 0. The van der Waals surface area contributed by atoms with Crippen LogP contribution in [-0.2, 0) is 0 Å². The monoisotopic (exact) mass is 294 g/mol. The van der Waals surface area contributed by atoms with Crippen LogP contribution in [0.1, 0.15) is 55.8 Å². The van der Waals surface area contributed by atoms with Crippen molar-refractivity contribution in [2.45, 2.75) is 51.5 Å². The van der Waals surface area contributed by atoms with Gasteiger partial charge in [0.15, 0.2) is 0 Å². The van der Waals surface area contributed by atoms with Crippen LogP contribution in [0.4, 0.5) is 5.69 Å². The van der Waals surface area contributed by atoms with Crippen molar-refractivity contribution in [2.24, 2.45) is 5.92 Å². The van der Waals surface area contributed by atoms with Crippen LogP contribution in [0.3, 0.4) is 0 Å². The first kappa shape index (κ1) is 15.2. The van der Waals surface area contributed by atoms with E-state index in [-0.39, 0.29) is 11.9 Å². The number of hydrogen-bond acceptors (Lipinski definition) is 2. The van der Waals surface area contributed by atoms with Gasteiger partial charge in [0.05, 0.1) is 10.6 Å². The molecule has 1 fully saturated rings. The zero-order valence-corrected chi connectivity index (χ0v) is 12.7. The molecule has 4 heteroatoms. The van der Waals surface area contributed by atoms with E-state index in [1.54, 1.807) is 18.2 Å². The first-order chi connectivity index (χ1) is 9.60. The van der Waals surface area contributed by atoms with Crippen LogP contribution in [0.25, 0.3) is 0 Å². The van der Waals surface area contributed by atoms with Crippen molar-refractivity contribution in [1.82, 2.24) is 5.32 Å². The lowest BCUT2D eigenvalue weighted by Crippen LogP contribution is -2.37. The summed E-state index contributed by atoms with van der Waals surface area (Å²) >= 11 is 6.06. The molecule has 2 rings (SSSR count). The Morgan fingerprint density at radius 2 is 2.05 bits per heavy atom. The van der Waals surface area contributed by atoms with Gasteiger partial charge in [-0.1, -0.05) is 31.4 Å². The standard InChI is InChI=1S/C16H23ClN2O/c1-2-3-11-4-7-13(8-5-11)19-16(20)14-10-12(18)6-9-15(14)17/h6,9-11,13H,2-5,7-8,18H2,1H3,(H,19,20). The van der Waals surface area contributed by atoms with E-state index in [1.807, 2.05) is 0 Å². The van der Waals surface area contributed by atoms with E-state index in [4.69, 9.17) is 17.3 Å². The zero-order valence-electron chi connectivity index (χ0n) is 12.0. The minimum absolute atomic E-state index is 0.110. The molecule has 0 aliphatic heterocycles. The fourth-order valence-electron chi connectivity index (χ4n) is 2.98. The molecule has 20 heavy (non-hydrogen) atoms. The number of anilines is 1. The lowest BCUT2D eigenvalue weighted by Gasteiger charge is -2.29. The molecule has 110 valence electrons. The molecule has 0 spiro atoms. The fourth-order valence-corrected chi connectivity index (χ4v) is 3.19. The molecule has 1 aliphatic carbocycles. The van der Waals surface area contributed by atoms with Gasteiger partial charge in [-0.2, -0.15) is 0 Å². The molecule has 0 saturated heterocycles. The average molecular weight is 295 g/mol. The van der Waals surface area contributed by atoms with Crippen LogP contribution in [0.2, 0.25) is 5.02 Å². The van der Waals surface area contributed by atoms with E-state index in [0.29, 0.717) is 16.3 Å². The normalized spacial score (nSPS) is 22.5. The van der Waals surface area contributed by atoms with Gasteiger partial charge in [-0.15, -0.1) is 0 Å². The quantitative estimate of drug-likeness (QED) is 0.824. The van der Waals surface area contributed by atoms with Crippen molar-refractivity contribution in [3.8, 4) is 0 Å². The summed E-state index contributed by atoms with van der Waals surface area (Å²) in [6.45, 7) is 2.23. The Hall–Kier alpha value is -1.22. The minimum Gasteiger partial charge on any atom is -0.399 e. The lowest BCUT2D eigenvalue weighted by molar-refractivity contribution is 0.0921. The van der Waals surface area contributed by atoms with Crippen LogP contribution in [-0.4, -0.2) is 11.9 Å². The first-order valence-electron chi connectivity index (χ1n) is 7.46. The van der Waals surface area contributed by atoms with Crippen molar-refractivity contribution in [3.05, 3.63) is 28.8 Å². The van der Waals surface area contributed by atoms with E-state index in [0.717, 1.165) is 18.8 Å². The summed E-state index contributed by atoms with van der Waals surface area (Å²) in [6.07, 6.45) is 7.11. The molecule has 3 N–H and O–H groups in total. The molecule has 1 amide bonds. The molecule has 0 heterocycles. The smallest absolute Gasteiger partial charge is 0.253 e. The van der Waals surface area contributed by atoms with E-state index in [2.05, 4.69) is 12.2 Å². The molecule has 1 saturated carbocycles. The van der Waals surface area contributed by atoms with Crippen LogP contribution < -0.4 is 11.1 Å². The summed E-state index contributed by atoms with van der Waals surface area (Å²) < 4.78 is 0. The van der Waals surface area contributed by atoms with E-state index >= 15 is 0 Å². The largest absolute Gasteiger partial charge is 0.399 e. The average Bonchev–Trinajstić information content (AvgIpc) is 2.44. The number of nitrogen functional groups attached to an aromatic ring is 1. The number of hydrogen-bond donors (Lipinski definition) is 2. The SMILES string of the molecule is CCCC1CCC(NC(=O)c2cc(N)ccc2Cl)CC1. The second-order valence-electron chi connectivity index (χ2n) is 5.72. The maximum Gasteiger partial charge on any atom is 0.253 e. The summed E-state index contributed by atoms with van der Waals surface area (Å²) in [5.74, 6) is 0.727. The molecule has 0 unspecified atom stereocenters. The van der Waals surface area contributed by atoms with Crippen molar-refractivity contribution >= 4 is 23.2 Å². The molecular formula is C16H23ClN2O. The number of carbonyl (C=O) groups is 1. The molecular weight excluding hydrogens is 272 g/mol. The van der Waals surface area contributed by atoms with Crippen LogP contribution in [0.5, 0.6) is 0 Å². The van der Waals surface area contributed by atoms with Gasteiger partial charge in [-0.05, 0) is 49.8 Å². The second kappa shape index (κ2) is 6.98. The number of rotatable bonds is 4. The predicted molar refractivity (Wildman–Crippen MR) is 84.0 cm³/mol. The van der Waals surface area contributed by atoms with Gasteiger partial charge >= 0.3 is 0 Å². The zero-order chi connectivity index (χ0) is 14.5. The third-order valence-corrected chi connectivity index (χ3v) is 4.44. The van der Waals surface area contributed by atoms with Gasteiger partial charge < -0.3 is 11.1 Å². The summed E-state index contributed by atoms with van der Waals surface area (Å²) in [4.78, 5) is 12.2. The number of nitrogens with one attached hydrogen (secondary N) is 1. The van der Waals surface area contributed by atoms with Crippen LogP contribution >= 0.6 is 11.6 Å². The highest BCUT2D eigenvalue weighted by Gasteiger charge is 2.22. The second-order valence-corrected chi connectivity index (χ2v) is 6.13. The Bertz CT molecular complexity index is 468. The summed E-state index contributed by atoms with van der Waals surface area (Å²) in [6, 6.07) is 5.28. The Balaban J connectivity index is 1.91. The summed E-state index contributed by atoms with van der Waals surface area (Å²) in [5.41, 5.74) is 6.75. The Morgan fingerprint density at radius 1 is 1.35 bits per heavy atom. The summed E-state index contributed by atoms with van der Waals surface area (Å²) in [5, 5.41) is 3.54. The Morgan fingerprint density at radius 3 is 2.70 bits per heavy atom. The predicted octanol–water partition coefficient (Wildman–Crippen LogP) is 4.01. The number of amides is 1. The first-order valence-corrected chi connectivity index (χ1v) is 7.83. The number of halogens is 1. The van der Waals surface area contributed by atoms with E-state index in [9.17, 15) is 4.79 Å². The van der Waals surface area contributed by atoms with E-state index in [1.165, 1.54) is 25.7 Å². The lowest BCUT2D eigenvalue weighted by atomic mass is 9.83. The van der Waals surface area contributed by atoms with Gasteiger partial charge in [-0.25, -0.2) is 0 Å². The molecule has 1 aromatic rings. The molecule has 1 aliphatic rings. The van der Waals surface area contributed by atoms with Crippen LogP contribution in [0.15, 0.2) is 18.2 Å².